The van der Waals surface area contributed by atoms with Gasteiger partial charge in [0, 0.05) is 19.2 Å². The van der Waals surface area contributed by atoms with Crippen molar-refractivity contribution in [2.24, 2.45) is 7.05 Å². The van der Waals surface area contributed by atoms with Gasteiger partial charge in [0.05, 0.1) is 28.8 Å². The molecule has 38 heavy (non-hydrogen) atoms. The minimum atomic E-state index is -3.61. The van der Waals surface area contributed by atoms with Crippen LogP contribution in [0.4, 0.5) is 21.6 Å². The molecule has 2 N–H and O–H groups in total. The van der Waals surface area contributed by atoms with Gasteiger partial charge in [-0.3, -0.25) is 28.0 Å². The Morgan fingerprint density at radius 3 is 2.32 bits per heavy atom. The molecule has 200 valence electrons. The highest BCUT2D eigenvalue weighted by Gasteiger charge is 2.23. The van der Waals surface area contributed by atoms with Crippen LogP contribution in [0.5, 0.6) is 0 Å². The number of hydrogen-bond donors (Lipinski definition) is 2. The summed E-state index contributed by atoms with van der Waals surface area (Å²) in [5.41, 5.74) is -0.441. The quantitative estimate of drug-likeness (QED) is 0.371. The SMILES string of the molecule is CCc1ccc(Nc2c3c(=O)n(CC)c(=O)n(-c4cccc(NS(C)(=O)=O)c4)c3c(C)c(=O)n2C)c(F)c1. The number of rotatable bonds is 7. The summed E-state index contributed by atoms with van der Waals surface area (Å²) in [5, 5.41) is 2.91. The van der Waals surface area contributed by atoms with E-state index in [2.05, 4.69) is 10.0 Å². The number of fused-ring (bicyclic) bond motifs is 1. The third kappa shape index (κ3) is 4.74. The normalized spacial score (nSPS) is 11.6. The fourth-order valence-electron chi connectivity index (χ4n) is 4.44. The highest BCUT2D eigenvalue weighted by atomic mass is 32.2. The first-order valence-corrected chi connectivity index (χ1v) is 13.8. The Morgan fingerprint density at radius 2 is 1.71 bits per heavy atom. The largest absolute Gasteiger partial charge is 0.338 e. The molecule has 0 spiro atoms. The standard InChI is InChI=1S/C26H28FN5O5S/c1-6-16-11-12-20(19(27)13-16)28-23-21-22(15(3)24(33)30(23)4)32(26(35)31(7-2)25(21)34)18-10-8-9-17(14-18)29-38(5,36)37/h8-14,28-29H,6-7H2,1-5H3. The molecular formula is C26H28FN5O5S. The van der Waals surface area contributed by atoms with Crippen molar-refractivity contribution < 1.29 is 12.8 Å². The number of sulfonamides is 1. The Balaban J connectivity index is 2.13. The summed E-state index contributed by atoms with van der Waals surface area (Å²) in [4.78, 5) is 40.5. The average Bonchev–Trinajstić information content (AvgIpc) is 2.85. The molecule has 0 saturated carbocycles. The Labute approximate surface area is 218 Å². The van der Waals surface area contributed by atoms with Crippen LogP contribution in [0.3, 0.4) is 0 Å². The predicted molar refractivity (Wildman–Crippen MR) is 147 cm³/mol. The molecule has 0 aliphatic carbocycles. The summed E-state index contributed by atoms with van der Waals surface area (Å²) in [7, 11) is -2.16. The molecule has 0 saturated heterocycles. The minimum absolute atomic E-state index is 0.00601. The third-order valence-electron chi connectivity index (χ3n) is 6.31. The van der Waals surface area contributed by atoms with E-state index in [1.54, 1.807) is 25.1 Å². The van der Waals surface area contributed by atoms with Gasteiger partial charge in [-0.25, -0.2) is 17.6 Å². The third-order valence-corrected chi connectivity index (χ3v) is 6.92. The van der Waals surface area contributed by atoms with Crippen molar-refractivity contribution in [2.75, 3.05) is 16.3 Å². The molecule has 0 unspecified atom stereocenters. The zero-order chi connectivity index (χ0) is 27.9. The van der Waals surface area contributed by atoms with Crippen LogP contribution in [0, 0.1) is 12.7 Å². The molecule has 4 rings (SSSR count). The van der Waals surface area contributed by atoms with Crippen LogP contribution in [0.15, 0.2) is 56.8 Å². The maximum Gasteiger partial charge on any atom is 0.336 e. The number of pyridine rings is 1. The molecule has 12 heteroatoms. The van der Waals surface area contributed by atoms with Crippen molar-refractivity contribution in [3.05, 3.63) is 90.6 Å². The van der Waals surface area contributed by atoms with Crippen LogP contribution < -0.4 is 26.8 Å². The molecule has 10 nitrogen and oxygen atoms in total. The molecule has 0 aliphatic rings. The molecule has 0 fully saturated rings. The van der Waals surface area contributed by atoms with Crippen LogP contribution in [0.2, 0.25) is 0 Å². The van der Waals surface area contributed by atoms with E-state index < -0.39 is 32.6 Å². The number of hydrogen-bond acceptors (Lipinski definition) is 6. The van der Waals surface area contributed by atoms with E-state index in [9.17, 15) is 27.2 Å². The second kappa shape index (κ2) is 9.93. The summed E-state index contributed by atoms with van der Waals surface area (Å²) in [6.07, 6.45) is 1.63. The van der Waals surface area contributed by atoms with E-state index in [1.165, 1.54) is 47.4 Å². The average molecular weight is 542 g/mol. The van der Waals surface area contributed by atoms with Gasteiger partial charge in [0.15, 0.2) is 0 Å². The van der Waals surface area contributed by atoms with E-state index in [0.29, 0.717) is 6.42 Å². The first kappa shape index (κ1) is 26.9. The van der Waals surface area contributed by atoms with Crippen molar-refractivity contribution in [1.82, 2.24) is 13.7 Å². The molecule has 4 aromatic rings. The summed E-state index contributed by atoms with van der Waals surface area (Å²) in [6.45, 7) is 5.04. The van der Waals surface area contributed by atoms with Crippen molar-refractivity contribution in [1.29, 1.82) is 0 Å². The Bertz CT molecular complexity index is 1870. The van der Waals surface area contributed by atoms with Crippen molar-refractivity contribution in [3.8, 4) is 5.69 Å². The Hall–Kier alpha value is -4.19. The maximum absolute atomic E-state index is 14.9. The van der Waals surface area contributed by atoms with Crippen LogP contribution in [-0.2, 0) is 30.0 Å². The molecule has 0 aliphatic heterocycles. The minimum Gasteiger partial charge on any atom is -0.338 e. The lowest BCUT2D eigenvalue weighted by Gasteiger charge is -2.20. The number of aryl methyl sites for hydroxylation is 2. The van der Waals surface area contributed by atoms with Crippen molar-refractivity contribution in [2.45, 2.75) is 33.7 Å². The molecule has 0 bridgehead atoms. The number of benzene rings is 2. The van der Waals surface area contributed by atoms with Gasteiger partial charge in [-0.1, -0.05) is 19.1 Å². The number of aromatic nitrogens is 3. The number of halogens is 1. The topological polar surface area (TPSA) is 124 Å². The number of nitrogens with one attached hydrogen (secondary N) is 2. The van der Waals surface area contributed by atoms with E-state index in [1.807, 2.05) is 6.92 Å². The van der Waals surface area contributed by atoms with Gasteiger partial charge >= 0.3 is 5.69 Å². The Morgan fingerprint density at radius 1 is 1.00 bits per heavy atom. The lowest BCUT2D eigenvalue weighted by molar-refractivity contribution is 0.607. The van der Waals surface area contributed by atoms with Gasteiger partial charge in [-0.05, 0) is 56.2 Å². The van der Waals surface area contributed by atoms with Gasteiger partial charge < -0.3 is 5.32 Å². The summed E-state index contributed by atoms with van der Waals surface area (Å²) >= 11 is 0. The monoisotopic (exact) mass is 541 g/mol. The highest BCUT2D eigenvalue weighted by Crippen LogP contribution is 2.27. The van der Waals surface area contributed by atoms with E-state index in [-0.39, 0.29) is 45.9 Å². The van der Waals surface area contributed by atoms with E-state index in [0.717, 1.165) is 16.4 Å². The smallest absolute Gasteiger partial charge is 0.336 e. The van der Waals surface area contributed by atoms with E-state index in [4.69, 9.17) is 0 Å². The summed E-state index contributed by atoms with van der Waals surface area (Å²) in [6, 6.07) is 10.7. The van der Waals surface area contributed by atoms with Crippen LogP contribution in [0.25, 0.3) is 16.6 Å². The molecule has 2 heterocycles. The van der Waals surface area contributed by atoms with Gasteiger partial charge in [0.1, 0.15) is 17.0 Å². The zero-order valence-electron chi connectivity index (χ0n) is 21.6. The second-order valence-electron chi connectivity index (χ2n) is 8.95. The van der Waals surface area contributed by atoms with E-state index >= 15 is 0 Å². The maximum atomic E-state index is 14.9. The highest BCUT2D eigenvalue weighted by molar-refractivity contribution is 7.92. The van der Waals surface area contributed by atoms with Crippen LogP contribution in [-0.4, -0.2) is 28.4 Å². The molecule has 2 aromatic carbocycles. The van der Waals surface area contributed by atoms with Crippen LogP contribution >= 0.6 is 0 Å². The first-order valence-electron chi connectivity index (χ1n) is 11.9. The van der Waals surface area contributed by atoms with Gasteiger partial charge in [0.2, 0.25) is 10.0 Å². The molecule has 0 radical (unpaired) electrons. The number of anilines is 3. The predicted octanol–water partition coefficient (Wildman–Crippen LogP) is 3.00. The summed E-state index contributed by atoms with van der Waals surface area (Å²) < 4.78 is 44.3. The first-order chi connectivity index (χ1) is 17.9. The summed E-state index contributed by atoms with van der Waals surface area (Å²) in [5.74, 6) is -0.542. The van der Waals surface area contributed by atoms with Gasteiger partial charge in [-0.15, -0.1) is 0 Å². The lowest BCUT2D eigenvalue weighted by Crippen LogP contribution is -2.41. The zero-order valence-corrected chi connectivity index (χ0v) is 22.4. The second-order valence-corrected chi connectivity index (χ2v) is 10.7. The number of nitrogens with zero attached hydrogens (tertiary/aromatic N) is 3. The van der Waals surface area contributed by atoms with Crippen molar-refractivity contribution >= 4 is 38.1 Å². The fraction of sp³-hybridized carbons (Fsp3) is 0.269. The molecule has 0 atom stereocenters. The lowest BCUT2D eigenvalue weighted by atomic mass is 10.1. The van der Waals surface area contributed by atoms with Crippen LogP contribution in [0.1, 0.15) is 25.0 Å². The van der Waals surface area contributed by atoms with Gasteiger partial charge in [-0.2, -0.15) is 0 Å². The fourth-order valence-corrected chi connectivity index (χ4v) is 4.99. The molecule has 2 aromatic heterocycles. The molecular weight excluding hydrogens is 513 g/mol. The Kier molecular flexibility index (Phi) is 7.02. The van der Waals surface area contributed by atoms with Gasteiger partial charge in [0.25, 0.3) is 11.1 Å². The van der Waals surface area contributed by atoms with Crippen molar-refractivity contribution in [3.63, 3.8) is 0 Å². The molecule has 0 amide bonds.